The number of anilines is 1. The van der Waals surface area contributed by atoms with Crippen LogP contribution in [0.2, 0.25) is 0 Å². The number of nitrogens with one attached hydrogen (secondary N) is 2. The van der Waals surface area contributed by atoms with E-state index in [1.54, 1.807) is 0 Å². The van der Waals surface area contributed by atoms with Gasteiger partial charge in [0.25, 0.3) is 0 Å². The molecule has 1 aromatic carbocycles. The molecule has 0 bridgehead atoms. The zero-order valence-corrected chi connectivity index (χ0v) is 14.6. The minimum Gasteiger partial charge on any atom is -0.490 e. The molecule has 3 heterocycles. The van der Waals surface area contributed by atoms with Gasteiger partial charge in [-0.25, -0.2) is 9.78 Å². The molecule has 7 nitrogen and oxygen atoms in total. The second-order valence-electron chi connectivity index (χ2n) is 6.93. The molecule has 7 heteroatoms. The van der Waals surface area contributed by atoms with Crippen molar-refractivity contribution in [3.8, 4) is 5.75 Å². The quantitative estimate of drug-likeness (QED) is 0.880. The first kappa shape index (κ1) is 15.9. The summed E-state index contributed by atoms with van der Waals surface area (Å²) in [5, 5.41) is 10.2. The van der Waals surface area contributed by atoms with Gasteiger partial charge < -0.3 is 15.0 Å². The van der Waals surface area contributed by atoms with E-state index >= 15 is 0 Å². The van der Waals surface area contributed by atoms with E-state index < -0.39 is 0 Å². The minimum absolute atomic E-state index is 0.0449. The van der Waals surface area contributed by atoms with Gasteiger partial charge in [-0.2, -0.15) is 5.10 Å². The summed E-state index contributed by atoms with van der Waals surface area (Å²) in [5.41, 5.74) is 1.98. The van der Waals surface area contributed by atoms with Crippen molar-refractivity contribution in [1.82, 2.24) is 20.1 Å². The van der Waals surface area contributed by atoms with Crippen LogP contribution >= 0.6 is 0 Å². The molecule has 2 aromatic rings. The third-order valence-electron chi connectivity index (χ3n) is 4.91. The Morgan fingerprint density at radius 2 is 2.16 bits per heavy atom. The second kappa shape index (κ2) is 6.38. The van der Waals surface area contributed by atoms with Crippen LogP contribution in [0.25, 0.3) is 0 Å². The van der Waals surface area contributed by atoms with Gasteiger partial charge in [-0.15, -0.1) is 0 Å². The number of carbonyl (C=O) groups excluding carboxylic acids is 1. The number of benzene rings is 1. The molecular formula is C18H23N5O2. The molecule has 1 atom stereocenters. The zero-order chi connectivity index (χ0) is 17.4. The van der Waals surface area contributed by atoms with Gasteiger partial charge in [0.1, 0.15) is 17.7 Å². The molecule has 2 aliphatic rings. The number of rotatable bonds is 2. The highest BCUT2D eigenvalue weighted by molar-refractivity contribution is 5.89. The van der Waals surface area contributed by atoms with E-state index in [0.717, 1.165) is 61.0 Å². The van der Waals surface area contributed by atoms with Crippen LogP contribution in [0.15, 0.2) is 18.2 Å². The van der Waals surface area contributed by atoms with Crippen molar-refractivity contribution in [3.05, 3.63) is 35.4 Å². The smallest absolute Gasteiger partial charge is 0.321 e. The number of hydrogen-bond donors (Lipinski definition) is 2. The highest BCUT2D eigenvalue weighted by atomic mass is 16.5. The maximum Gasteiger partial charge on any atom is 0.321 e. The van der Waals surface area contributed by atoms with Crippen molar-refractivity contribution in [2.45, 2.75) is 45.1 Å². The summed E-state index contributed by atoms with van der Waals surface area (Å²) in [7, 11) is 0. The van der Waals surface area contributed by atoms with Gasteiger partial charge in [-0.1, -0.05) is 0 Å². The SMILES string of the molecule is Cc1nc(C2CCN(C(=O)Nc3ccc4c(c3)C[C@@H](C)O4)CC2)n[nH]1. The molecule has 132 valence electrons. The first-order valence-corrected chi connectivity index (χ1v) is 8.83. The number of piperidine rings is 1. The first-order valence-electron chi connectivity index (χ1n) is 8.83. The predicted molar refractivity (Wildman–Crippen MR) is 93.9 cm³/mol. The van der Waals surface area contributed by atoms with E-state index in [1.165, 1.54) is 0 Å². The molecule has 0 unspecified atom stereocenters. The van der Waals surface area contributed by atoms with Gasteiger partial charge in [-0.3, -0.25) is 5.10 Å². The fraction of sp³-hybridized carbons (Fsp3) is 0.500. The number of fused-ring (bicyclic) bond motifs is 1. The summed E-state index contributed by atoms with van der Waals surface area (Å²) in [6, 6.07) is 5.81. The van der Waals surface area contributed by atoms with E-state index in [2.05, 4.69) is 27.4 Å². The second-order valence-corrected chi connectivity index (χ2v) is 6.93. The lowest BCUT2D eigenvalue weighted by Crippen LogP contribution is -2.40. The number of nitrogens with zero attached hydrogens (tertiary/aromatic N) is 3. The van der Waals surface area contributed by atoms with Crippen LogP contribution in [0, 0.1) is 6.92 Å². The Bertz CT molecular complexity index is 780. The molecular weight excluding hydrogens is 318 g/mol. The number of urea groups is 1. The summed E-state index contributed by atoms with van der Waals surface area (Å²) in [6.07, 6.45) is 2.88. The molecule has 0 saturated carbocycles. The number of likely N-dealkylation sites (tertiary alicyclic amines) is 1. The van der Waals surface area contributed by atoms with Crippen molar-refractivity contribution < 1.29 is 9.53 Å². The number of ether oxygens (including phenoxy) is 1. The van der Waals surface area contributed by atoms with Crippen LogP contribution in [-0.4, -0.2) is 45.3 Å². The van der Waals surface area contributed by atoms with Crippen LogP contribution in [0.4, 0.5) is 10.5 Å². The molecule has 2 amide bonds. The van der Waals surface area contributed by atoms with Crippen molar-refractivity contribution in [2.24, 2.45) is 0 Å². The summed E-state index contributed by atoms with van der Waals surface area (Å²) >= 11 is 0. The molecule has 25 heavy (non-hydrogen) atoms. The van der Waals surface area contributed by atoms with E-state index in [1.807, 2.05) is 30.0 Å². The molecule has 0 radical (unpaired) electrons. The summed E-state index contributed by atoms with van der Waals surface area (Å²) in [5.74, 6) is 2.95. The van der Waals surface area contributed by atoms with Gasteiger partial charge in [0.05, 0.1) is 0 Å². The van der Waals surface area contributed by atoms with Gasteiger partial charge in [0.2, 0.25) is 0 Å². The van der Waals surface area contributed by atoms with Crippen LogP contribution in [0.5, 0.6) is 5.75 Å². The van der Waals surface area contributed by atoms with Crippen LogP contribution in [0.1, 0.15) is 42.9 Å². The van der Waals surface area contributed by atoms with Gasteiger partial charge >= 0.3 is 6.03 Å². The number of H-pyrrole nitrogens is 1. The number of hydrogen-bond acceptors (Lipinski definition) is 4. The average Bonchev–Trinajstić information content (AvgIpc) is 3.19. The maximum atomic E-state index is 12.5. The lowest BCUT2D eigenvalue weighted by atomic mass is 9.96. The number of aryl methyl sites for hydroxylation is 1. The monoisotopic (exact) mass is 341 g/mol. The highest BCUT2D eigenvalue weighted by Crippen LogP contribution is 2.31. The lowest BCUT2D eigenvalue weighted by Gasteiger charge is -2.30. The van der Waals surface area contributed by atoms with Crippen molar-refractivity contribution >= 4 is 11.7 Å². The highest BCUT2D eigenvalue weighted by Gasteiger charge is 2.26. The molecule has 2 N–H and O–H groups in total. The summed E-state index contributed by atoms with van der Waals surface area (Å²) < 4.78 is 5.70. The van der Waals surface area contributed by atoms with Crippen molar-refractivity contribution in [2.75, 3.05) is 18.4 Å². The van der Waals surface area contributed by atoms with E-state index in [4.69, 9.17) is 4.74 Å². The Morgan fingerprint density at radius 3 is 2.88 bits per heavy atom. The number of carbonyl (C=O) groups is 1. The Kier molecular flexibility index (Phi) is 4.07. The third-order valence-corrected chi connectivity index (χ3v) is 4.91. The van der Waals surface area contributed by atoms with E-state index in [9.17, 15) is 4.79 Å². The minimum atomic E-state index is -0.0449. The Hall–Kier alpha value is -2.57. The number of aromatic amines is 1. The Morgan fingerprint density at radius 1 is 1.36 bits per heavy atom. The molecule has 1 fully saturated rings. The lowest BCUT2D eigenvalue weighted by molar-refractivity contribution is 0.193. The van der Waals surface area contributed by atoms with Crippen LogP contribution < -0.4 is 10.1 Å². The third kappa shape index (κ3) is 3.31. The molecule has 0 aliphatic carbocycles. The van der Waals surface area contributed by atoms with Crippen molar-refractivity contribution in [3.63, 3.8) is 0 Å². The largest absolute Gasteiger partial charge is 0.490 e. The fourth-order valence-corrected chi connectivity index (χ4v) is 3.59. The normalized spacial score (nSPS) is 20.2. The standard InChI is InChI=1S/C18H23N5O2/c1-11-9-14-10-15(3-4-16(14)25-11)20-18(24)23-7-5-13(6-8-23)17-19-12(2)21-22-17/h3-4,10-11,13H,5-9H2,1-2H3,(H,20,24)(H,19,21,22)/t11-/m1/s1. The number of amides is 2. The zero-order valence-electron chi connectivity index (χ0n) is 14.6. The Labute approximate surface area is 146 Å². The molecule has 4 rings (SSSR count). The first-order chi connectivity index (χ1) is 12.1. The van der Waals surface area contributed by atoms with E-state index in [-0.39, 0.29) is 12.1 Å². The molecule has 1 aromatic heterocycles. The van der Waals surface area contributed by atoms with Gasteiger partial charge in [0, 0.05) is 31.1 Å². The topological polar surface area (TPSA) is 83.1 Å². The number of aromatic nitrogens is 3. The summed E-state index contributed by atoms with van der Waals surface area (Å²) in [4.78, 5) is 18.8. The van der Waals surface area contributed by atoms with Crippen LogP contribution in [0.3, 0.4) is 0 Å². The van der Waals surface area contributed by atoms with Crippen LogP contribution in [-0.2, 0) is 6.42 Å². The maximum absolute atomic E-state index is 12.5. The molecule has 2 aliphatic heterocycles. The average molecular weight is 341 g/mol. The molecule has 0 spiro atoms. The Balaban J connectivity index is 1.34. The summed E-state index contributed by atoms with van der Waals surface area (Å²) in [6.45, 7) is 5.39. The van der Waals surface area contributed by atoms with Gasteiger partial charge in [0.15, 0.2) is 5.82 Å². The molecule has 1 saturated heterocycles. The fourth-order valence-electron chi connectivity index (χ4n) is 3.59. The predicted octanol–water partition coefficient (Wildman–Crippen LogP) is 2.85. The van der Waals surface area contributed by atoms with E-state index in [0.29, 0.717) is 5.92 Å². The van der Waals surface area contributed by atoms with Crippen molar-refractivity contribution in [1.29, 1.82) is 0 Å². The van der Waals surface area contributed by atoms with Gasteiger partial charge in [-0.05, 0) is 50.5 Å².